The highest BCUT2D eigenvalue weighted by Gasteiger charge is 2.24. The quantitative estimate of drug-likeness (QED) is 0.0418. The number of methoxy groups -OCH3 is 1. The molecular formula is C65H60Cl9N15O11. The maximum absolute atomic E-state index is 12.2. The van der Waals surface area contributed by atoms with Crippen LogP contribution in [0.2, 0.25) is 45.2 Å². The van der Waals surface area contributed by atoms with Gasteiger partial charge in [-0.05, 0) is 107 Å². The van der Waals surface area contributed by atoms with Crippen molar-refractivity contribution in [2.75, 3.05) is 46.9 Å². The number of esters is 3. The van der Waals surface area contributed by atoms with Gasteiger partial charge in [0.2, 0.25) is 0 Å². The fourth-order valence-corrected chi connectivity index (χ4v) is 10.4. The number of halogens is 9. The van der Waals surface area contributed by atoms with Crippen molar-refractivity contribution in [1.82, 2.24) is 48.9 Å². The van der Waals surface area contributed by atoms with Crippen molar-refractivity contribution in [1.29, 1.82) is 0 Å². The van der Waals surface area contributed by atoms with Gasteiger partial charge in [-0.25, -0.2) is 14.4 Å². The number of hydrogen-bond acceptors (Lipinski definition) is 16. The van der Waals surface area contributed by atoms with E-state index in [-0.39, 0.29) is 82.7 Å². The largest absolute Gasteiger partial charge is 0.465 e. The Kier molecular flexibility index (Phi) is 30.4. The number of benzene rings is 5. The molecule has 10 rings (SSSR count). The van der Waals surface area contributed by atoms with Gasteiger partial charge in [0.25, 0.3) is 29.5 Å². The van der Waals surface area contributed by atoms with Gasteiger partial charge in [-0.3, -0.25) is 47.4 Å². The Hall–Kier alpha value is -9.48. The fraction of sp³-hybridized carbons (Fsp3) is 0.185. The summed E-state index contributed by atoms with van der Waals surface area (Å²) in [5.74, 6) is -3.46. The molecule has 0 aliphatic rings. The molecular weight excluding hydrogens is 1490 g/mol. The van der Waals surface area contributed by atoms with Crippen molar-refractivity contribution in [2.45, 2.75) is 40.8 Å². The highest BCUT2D eigenvalue weighted by Crippen LogP contribution is 2.32. The van der Waals surface area contributed by atoms with Crippen molar-refractivity contribution in [2.24, 2.45) is 21.1 Å². The lowest BCUT2D eigenvalue weighted by atomic mass is 10.1. The number of carbonyl (C=O) groups is 8. The molecule has 35 heteroatoms. The van der Waals surface area contributed by atoms with E-state index < -0.39 is 29.7 Å². The summed E-state index contributed by atoms with van der Waals surface area (Å²) in [7, 11) is 6.12. The van der Waals surface area contributed by atoms with Crippen LogP contribution in [0.3, 0.4) is 0 Å². The van der Waals surface area contributed by atoms with Crippen molar-refractivity contribution in [3.8, 4) is 0 Å². The summed E-state index contributed by atoms with van der Waals surface area (Å²) >= 11 is 53.4. The van der Waals surface area contributed by atoms with Crippen LogP contribution in [-0.4, -0.2) is 117 Å². The Morgan fingerprint density at radius 1 is 0.380 bits per heavy atom. The lowest BCUT2D eigenvalue weighted by molar-refractivity contribution is 0.0517. The van der Waals surface area contributed by atoms with Crippen LogP contribution in [-0.2, 0) is 48.4 Å². The second-order valence-electron chi connectivity index (χ2n) is 19.8. The van der Waals surface area contributed by atoms with Gasteiger partial charge in [-0.2, -0.15) is 25.5 Å². The molecule has 5 heterocycles. The minimum absolute atomic E-state index is 0.214. The first kappa shape index (κ1) is 79.5. The van der Waals surface area contributed by atoms with E-state index in [2.05, 4.69) is 56.8 Å². The number of amides is 5. The third kappa shape index (κ3) is 21.3. The van der Waals surface area contributed by atoms with Crippen molar-refractivity contribution >= 4 is 180 Å². The molecule has 5 aromatic heterocycles. The zero-order valence-electron chi connectivity index (χ0n) is 54.0. The molecule has 0 unspecified atom stereocenters. The second kappa shape index (κ2) is 38.2. The highest BCUT2D eigenvalue weighted by molar-refractivity contribution is 6.44. The molecule has 26 nitrogen and oxygen atoms in total. The molecule has 100 heavy (non-hydrogen) atoms. The molecule has 10 aromatic rings. The molecule has 0 aliphatic carbocycles. The van der Waals surface area contributed by atoms with E-state index in [0.29, 0.717) is 80.2 Å². The van der Waals surface area contributed by atoms with Crippen LogP contribution < -0.4 is 26.6 Å². The first-order valence-electron chi connectivity index (χ1n) is 29.3. The van der Waals surface area contributed by atoms with Gasteiger partial charge < -0.3 is 40.8 Å². The van der Waals surface area contributed by atoms with Crippen molar-refractivity contribution < 1.29 is 52.6 Å². The van der Waals surface area contributed by atoms with Crippen LogP contribution in [0.25, 0.3) is 0 Å². The predicted octanol–water partition coefficient (Wildman–Crippen LogP) is 15.3. The third-order valence-corrected chi connectivity index (χ3v) is 16.0. The molecule has 5 amide bonds. The smallest absolute Gasteiger partial charge is 0.340 e. The molecule has 0 radical (unpaired) electrons. The molecule has 0 bridgehead atoms. The van der Waals surface area contributed by atoms with E-state index in [1.807, 2.05) is 13.8 Å². The highest BCUT2D eigenvalue weighted by atomic mass is 35.5. The Morgan fingerprint density at radius 2 is 0.760 bits per heavy atom. The summed E-state index contributed by atoms with van der Waals surface area (Å²) in [5.41, 5.74) is 4.37. The maximum Gasteiger partial charge on any atom is 0.340 e. The van der Waals surface area contributed by atoms with Crippen LogP contribution in [0.4, 0.5) is 28.4 Å². The normalized spacial score (nSPS) is 10.3. The molecule has 0 spiro atoms. The summed E-state index contributed by atoms with van der Waals surface area (Å²) in [6.07, 6.45) is 7.02. The number of aryl methyl sites for hydroxylation is 5. The second-order valence-corrected chi connectivity index (χ2v) is 23.5. The van der Waals surface area contributed by atoms with E-state index in [0.717, 1.165) is 0 Å². The minimum Gasteiger partial charge on any atom is -0.465 e. The molecule has 0 saturated carbocycles. The lowest BCUT2D eigenvalue weighted by Gasteiger charge is -2.10. The first-order chi connectivity index (χ1) is 47.7. The van der Waals surface area contributed by atoms with Gasteiger partial charge in [0.1, 0.15) is 28.5 Å². The Balaban J connectivity index is 0.000000197. The van der Waals surface area contributed by atoms with E-state index in [4.69, 9.17) is 114 Å². The van der Waals surface area contributed by atoms with E-state index in [1.165, 1.54) is 61.5 Å². The fourth-order valence-electron chi connectivity index (χ4n) is 8.53. The zero-order valence-corrected chi connectivity index (χ0v) is 60.8. The number of ether oxygens (including phenoxy) is 3. The van der Waals surface area contributed by atoms with Gasteiger partial charge in [-0.1, -0.05) is 135 Å². The molecule has 5 N–H and O–H groups in total. The van der Waals surface area contributed by atoms with Gasteiger partial charge in [0, 0.05) is 44.9 Å². The monoisotopic (exact) mass is 1540 g/mol. The van der Waals surface area contributed by atoms with Crippen LogP contribution in [0.5, 0.6) is 0 Å². The topological polar surface area (TPSA) is 313 Å². The summed E-state index contributed by atoms with van der Waals surface area (Å²) in [5, 5.41) is 35.9. The SMILES string of the molecule is CCOC(=O)c1ccc(NC(=O)c2c(Cl)cnn2C)cc1.CCOC(=O)c1ccccc1NC(=O)c1c(Cl)cnn1C.CCn1ncc(Cl)c1C(=O)Nc1cc(Cl)ccc1Cl.CCn1ncc(Cl)c1C(=O)Nc1cccc(Cl)c1Cl.COC(=O)c1ccccc1NC(=O)c1c(Cl)cnn1C. The molecule has 5 aromatic carbocycles. The Labute approximate surface area is 616 Å². The Morgan fingerprint density at radius 3 is 1.19 bits per heavy atom. The number of nitrogens with zero attached hydrogens (tertiary/aromatic N) is 10. The maximum atomic E-state index is 12.2. The van der Waals surface area contributed by atoms with E-state index in [9.17, 15) is 38.4 Å². The van der Waals surface area contributed by atoms with Crippen LogP contribution in [0.1, 0.15) is 111 Å². The average molecular weight is 1550 g/mol. The van der Waals surface area contributed by atoms with Crippen LogP contribution in [0.15, 0.2) is 140 Å². The standard InChI is InChI=1S/2C14H14ClN3O3.C13H12ClN3O3.2C12H10Cl3N3O/c1-3-21-14(20)9-4-6-10(7-5-9)17-13(19)12-11(15)8-16-18(12)2;1-3-21-14(20)9-6-4-5-7-11(9)17-13(19)12-10(15)8-16-18(12)2;1-17-11(9(14)7-15-17)12(18)16-10-6-4-3-5-8(10)13(19)20-2;1-2-18-11(9(15)6-16-18)12(19)17-10-5-7(13)3-4-8(10)14;1-2-18-11(8(14)6-16-18)12(19)17-9-5-3-4-7(13)10(9)15/h2*4-8H,3H2,1-2H3,(H,17,19);3-7H,1-2H3,(H,16,18);2*3-6H,2H2,1H3,(H,17,19). The zero-order chi connectivity index (χ0) is 73.5. The summed E-state index contributed by atoms with van der Waals surface area (Å²) in [6.45, 7) is 8.85. The van der Waals surface area contributed by atoms with Crippen LogP contribution >= 0.6 is 104 Å². The number of aromatic nitrogens is 10. The molecule has 524 valence electrons. The molecule has 0 saturated heterocycles. The van der Waals surface area contributed by atoms with Crippen molar-refractivity contribution in [3.05, 3.63) is 231 Å². The number of hydrogen-bond donors (Lipinski definition) is 5. The average Bonchev–Trinajstić information content (AvgIpc) is 1.64. The summed E-state index contributed by atoms with van der Waals surface area (Å²) in [6, 6.07) is 29.4. The number of nitrogens with one attached hydrogen (secondary N) is 5. The lowest BCUT2D eigenvalue weighted by Crippen LogP contribution is -2.19. The van der Waals surface area contributed by atoms with Gasteiger partial charge in [0.15, 0.2) is 0 Å². The predicted molar refractivity (Wildman–Crippen MR) is 386 cm³/mol. The summed E-state index contributed by atoms with van der Waals surface area (Å²) < 4.78 is 21.6. The molecule has 0 aliphatic heterocycles. The molecule has 0 fully saturated rings. The summed E-state index contributed by atoms with van der Waals surface area (Å²) in [4.78, 5) is 95.8. The Bertz CT molecular complexity index is 4470. The van der Waals surface area contributed by atoms with Gasteiger partial charge in [-0.15, -0.1) is 0 Å². The number of carbonyl (C=O) groups excluding carboxylic acids is 8. The molecule has 0 atom stereocenters. The van der Waals surface area contributed by atoms with E-state index in [1.54, 1.807) is 144 Å². The number of rotatable bonds is 17. The van der Waals surface area contributed by atoms with Gasteiger partial charge >= 0.3 is 17.9 Å². The number of para-hydroxylation sites is 2. The first-order valence-corrected chi connectivity index (χ1v) is 32.7. The van der Waals surface area contributed by atoms with Crippen LogP contribution in [0, 0.1) is 0 Å². The third-order valence-electron chi connectivity index (χ3n) is 13.2. The minimum atomic E-state index is -0.531. The van der Waals surface area contributed by atoms with Gasteiger partial charge in [0.05, 0.1) is 131 Å². The van der Waals surface area contributed by atoms with Crippen molar-refractivity contribution in [3.63, 3.8) is 0 Å². The van der Waals surface area contributed by atoms with E-state index >= 15 is 0 Å². The number of anilines is 5.